The van der Waals surface area contributed by atoms with Gasteiger partial charge in [-0.15, -0.1) is 0 Å². The van der Waals surface area contributed by atoms with Crippen LogP contribution in [0.1, 0.15) is 107 Å². The SMILES string of the molecule is C1=Cc2ccccc2SN=C1.CCCCCCCCCCCCC(C#N)(CCCN(C)CCc1cccc(OC)c1)c1cccc(OC)c1.[CaH2]. The standard InChI is InChI=1S/C34H52N2O2.C9H7NS.Ca.2H/c1-5-6-7-8-9-10-11-12-13-14-23-34(29-35,31-19-16-21-33(28-31)38-4)24-17-25-36(2)26-22-30-18-15-20-32(27-30)37-3;1-2-6-9-8(4-1)5-3-7-10-11-9;;;/h15-16,18-21,27-28H,5-14,17,22-26H2,1-4H3;1-7H;;;. The van der Waals surface area contributed by atoms with Gasteiger partial charge >= 0.3 is 37.7 Å². The molecular formula is C43H61CaN3O2S. The Labute approximate surface area is 338 Å². The summed E-state index contributed by atoms with van der Waals surface area (Å²) in [6.45, 7) is 4.24. The Balaban J connectivity index is 0.000000605. The number of hydrogen-bond donors (Lipinski definition) is 0. The van der Waals surface area contributed by atoms with E-state index in [1.54, 1.807) is 14.2 Å². The maximum absolute atomic E-state index is 10.5. The van der Waals surface area contributed by atoms with Crippen LogP contribution in [-0.4, -0.2) is 83.2 Å². The second-order valence-corrected chi connectivity index (χ2v) is 13.9. The fraction of sp³-hybridized carbons (Fsp3) is 0.488. The zero-order valence-corrected chi connectivity index (χ0v) is 31.4. The number of rotatable bonds is 21. The Morgan fingerprint density at radius 3 is 2.10 bits per heavy atom. The van der Waals surface area contributed by atoms with Crippen molar-refractivity contribution in [3.05, 3.63) is 95.6 Å². The molecule has 1 heterocycles. The molecule has 3 aromatic rings. The number of unbranched alkanes of at least 4 members (excludes halogenated alkanes) is 9. The Bertz CT molecular complexity index is 1460. The molecule has 268 valence electrons. The van der Waals surface area contributed by atoms with Crippen LogP contribution in [-0.2, 0) is 11.8 Å². The first-order valence-electron chi connectivity index (χ1n) is 18.4. The molecule has 50 heavy (non-hydrogen) atoms. The van der Waals surface area contributed by atoms with Gasteiger partial charge in [-0.05, 0) is 92.4 Å². The third-order valence-electron chi connectivity index (χ3n) is 9.35. The molecule has 4 rings (SSSR count). The van der Waals surface area contributed by atoms with Crippen molar-refractivity contribution in [2.75, 3.05) is 34.4 Å². The molecular weight excluding hydrogens is 663 g/mol. The van der Waals surface area contributed by atoms with E-state index in [0.29, 0.717) is 0 Å². The molecule has 0 radical (unpaired) electrons. The summed E-state index contributed by atoms with van der Waals surface area (Å²) in [4.78, 5) is 3.60. The van der Waals surface area contributed by atoms with Crippen LogP contribution < -0.4 is 9.47 Å². The predicted molar refractivity (Wildman–Crippen MR) is 219 cm³/mol. The number of fused-ring (bicyclic) bond motifs is 1. The van der Waals surface area contributed by atoms with Gasteiger partial charge in [0.15, 0.2) is 0 Å². The van der Waals surface area contributed by atoms with E-state index in [4.69, 9.17) is 9.47 Å². The third-order valence-corrected chi connectivity index (χ3v) is 10.1. The average Bonchev–Trinajstić information content (AvgIpc) is 3.40. The molecule has 7 heteroatoms. The number of allylic oxidation sites excluding steroid dienone is 1. The average molecular weight is 724 g/mol. The summed E-state index contributed by atoms with van der Waals surface area (Å²) in [5.41, 5.74) is 3.19. The van der Waals surface area contributed by atoms with Crippen LogP contribution in [0.2, 0.25) is 0 Å². The van der Waals surface area contributed by atoms with Crippen LogP contribution in [0.3, 0.4) is 0 Å². The third kappa shape index (κ3) is 16.4. The number of likely N-dealkylation sites (N-methyl/N-ethyl adjacent to an activating group) is 1. The quantitative estimate of drug-likeness (QED) is 0.0622. The van der Waals surface area contributed by atoms with Crippen LogP contribution in [0, 0.1) is 11.3 Å². The molecule has 0 amide bonds. The van der Waals surface area contributed by atoms with Gasteiger partial charge in [-0.1, -0.05) is 120 Å². The molecule has 0 saturated heterocycles. The van der Waals surface area contributed by atoms with Gasteiger partial charge in [0.2, 0.25) is 0 Å². The van der Waals surface area contributed by atoms with E-state index in [1.807, 2.05) is 42.6 Å². The number of nitriles is 1. The summed E-state index contributed by atoms with van der Waals surface area (Å²) in [5, 5.41) is 10.5. The molecule has 1 aliphatic heterocycles. The summed E-state index contributed by atoms with van der Waals surface area (Å²) in [6.07, 6.45) is 22.7. The first kappa shape index (κ1) is 43.9. The van der Waals surface area contributed by atoms with E-state index < -0.39 is 5.41 Å². The van der Waals surface area contributed by atoms with Crippen molar-refractivity contribution < 1.29 is 9.47 Å². The molecule has 0 spiro atoms. The second-order valence-electron chi connectivity index (χ2n) is 13.1. The van der Waals surface area contributed by atoms with E-state index in [2.05, 4.69) is 77.9 Å². The topological polar surface area (TPSA) is 57.9 Å². The summed E-state index contributed by atoms with van der Waals surface area (Å²) in [7, 11) is 5.60. The normalized spacial score (nSPS) is 12.8. The summed E-state index contributed by atoms with van der Waals surface area (Å²) in [5.74, 6) is 1.75. The monoisotopic (exact) mass is 723 g/mol. The molecule has 0 bridgehead atoms. The number of methoxy groups -OCH3 is 2. The van der Waals surface area contributed by atoms with Crippen molar-refractivity contribution in [2.45, 2.75) is 107 Å². The van der Waals surface area contributed by atoms with Crippen LogP contribution >= 0.6 is 11.9 Å². The first-order valence-corrected chi connectivity index (χ1v) is 19.1. The van der Waals surface area contributed by atoms with E-state index >= 15 is 0 Å². The minimum atomic E-state index is -0.456. The van der Waals surface area contributed by atoms with Crippen molar-refractivity contribution in [3.63, 3.8) is 0 Å². The van der Waals surface area contributed by atoms with E-state index in [1.165, 1.54) is 85.8 Å². The first-order chi connectivity index (χ1) is 24.0. The zero-order chi connectivity index (χ0) is 35.0. The van der Waals surface area contributed by atoms with Gasteiger partial charge < -0.3 is 14.4 Å². The van der Waals surface area contributed by atoms with E-state index in [9.17, 15) is 5.26 Å². The van der Waals surface area contributed by atoms with Crippen LogP contribution in [0.25, 0.3) is 6.08 Å². The van der Waals surface area contributed by atoms with Crippen molar-refractivity contribution in [3.8, 4) is 17.6 Å². The molecule has 1 atom stereocenters. The van der Waals surface area contributed by atoms with Gasteiger partial charge in [0.05, 0.1) is 25.7 Å². The van der Waals surface area contributed by atoms with Gasteiger partial charge in [-0.3, -0.25) is 0 Å². The maximum atomic E-state index is 10.5. The molecule has 0 saturated carbocycles. The number of benzene rings is 3. The Morgan fingerprint density at radius 2 is 1.40 bits per heavy atom. The van der Waals surface area contributed by atoms with Crippen LogP contribution in [0.5, 0.6) is 11.5 Å². The summed E-state index contributed by atoms with van der Waals surface area (Å²) < 4.78 is 15.0. The zero-order valence-electron chi connectivity index (χ0n) is 30.5. The number of nitrogens with zero attached hydrogens (tertiary/aromatic N) is 3. The molecule has 0 aromatic heterocycles. The molecule has 3 aromatic carbocycles. The van der Waals surface area contributed by atoms with Crippen LogP contribution in [0.4, 0.5) is 0 Å². The second kappa shape index (κ2) is 26.5. The van der Waals surface area contributed by atoms with Crippen molar-refractivity contribution >= 4 is 62.0 Å². The molecule has 0 N–H and O–H groups in total. The van der Waals surface area contributed by atoms with E-state index in [0.717, 1.165) is 62.3 Å². The van der Waals surface area contributed by atoms with Gasteiger partial charge in [0, 0.05) is 29.6 Å². The molecule has 0 fully saturated rings. The molecule has 1 aliphatic rings. The number of hydrogen-bond acceptors (Lipinski definition) is 6. The van der Waals surface area contributed by atoms with Gasteiger partial charge in [0.1, 0.15) is 11.5 Å². The summed E-state index contributed by atoms with van der Waals surface area (Å²) >= 11 is 1.52. The fourth-order valence-corrected chi connectivity index (χ4v) is 6.93. The fourth-order valence-electron chi connectivity index (χ4n) is 6.31. The Hall–Kier alpha value is -2.27. The van der Waals surface area contributed by atoms with Crippen molar-refractivity contribution in [1.82, 2.24) is 4.90 Å². The Kier molecular flexibility index (Phi) is 23.3. The number of ether oxygens (including phenoxy) is 2. The van der Waals surface area contributed by atoms with Crippen LogP contribution in [0.15, 0.2) is 88.2 Å². The minimum absolute atomic E-state index is 0. The van der Waals surface area contributed by atoms with Crippen molar-refractivity contribution in [2.24, 2.45) is 4.40 Å². The van der Waals surface area contributed by atoms with Gasteiger partial charge in [-0.2, -0.15) is 5.26 Å². The Morgan fingerprint density at radius 1 is 0.760 bits per heavy atom. The van der Waals surface area contributed by atoms with Gasteiger partial charge in [-0.25, -0.2) is 4.40 Å². The van der Waals surface area contributed by atoms with Gasteiger partial charge in [0.25, 0.3) is 0 Å². The van der Waals surface area contributed by atoms with Crippen molar-refractivity contribution in [1.29, 1.82) is 5.26 Å². The molecule has 0 aliphatic carbocycles. The summed E-state index contributed by atoms with van der Waals surface area (Å²) in [6, 6.07) is 27.5. The predicted octanol–water partition coefficient (Wildman–Crippen LogP) is 10.6. The molecule has 1 unspecified atom stereocenters. The van der Waals surface area contributed by atoms with E-state index in [-0.39, 0.29) is 37.7 Å². The molecule has 5 nitrogen and oxygen atoms in total.